The molecule has 2 heteroatoms. The monoisotopic (exact) mass is 197 g/mol. The third-order valence-corrected chi connectivity index (χ3v) is 4.27. The molecule has 0 saturated heterocycles. The summed E-state index contributed by atoms with van der Waals surface area (Å²) in [4.78, 5) is 0. The molecule has 2 aliphatic carbocycles. The SMILES string of the molecule is CCC(CO)NCC1CC2CCC1C2. The molecule has 0 heterocycles. The number of aliphatic hydroxyl groups excluding tert-OH is 1. The Morgan fingerprint density at radius 2 is 2.21 bits per heavy atom. The van der Waals surface area contributed by atoms with E-state index in [2.05, 4.69) is 12.2 Å². The Kier molecular flexibility index (Phi) is 3.45. The van der Waals surface area contributed by atoms with Gasteiger partial charge in [0.2, 0.25) is 0 Å². The molecule has 2 aliphatic rings. The number of hydrogen-bond acceptors (Lipinski definition) is 2. The Balaban J connectivity index is 1.71. The van der Waals surface area contributed by atoms with Crippen LogP contribution < -0.4 is 5.32 Å². The van der Waals surface area contributed by atoms with E-state index in [1.165, 1.54) is 25.7 Å². The van der Waals surface area contributed by atoms with Crippen LogP contribution in [0.1, 0.15) is 39.0 Å². The summed E-state index contributed by atoms with van der Waals surface area (Å²) in [6.45, 7) is 3.56. The number of hydrogen-bond donors (Lipinski definition) is 2. The lowest BCUT2D eigenvalue weighted by atomic mass is 9.88. The number of rotatable bonds is 5. The molecule has 0 amide bonds. The smallest absolute Gasteiger partial charge is 0.0584 e. The third-order valence-electron chi connectivity index (χ3n) is 4.27. The average molecular weight is 197 g/mol. The summed E-state index contributed by atoms with van der Waals surface area (Å²) in [6, 6.07) is 0.328. The number of nitrogens with one attached hydrogen (secondary N) is 1. The van der Waals surface area contributed by atoms with Gasteiger partial charge in [-0.15, -0.1) is 0 Å². The van der Waals surface area contributed by atoms with Crippen molar-refractivity contribution in [1.29, 1.82) is 0 Å². The van der Waals surface area contributed by atoms with E-state index in [4.69, 9.17) is 5.11 Å². The second-order valence-electron chi connectivity index (χ2n) is 5.13. The van der Waals surface area contributed by atoms with Gasteiger partial charge in [0.15, 0.2) is 0 Å². The Bertz CT molecular complexity index is 179. The summed E-state index contributed by atoms with van der Waals surface area (Å²) in [7, 11) is 0. The Morgan fingerprint density at radius 3 is 2.71 bits per heavy atom. The molecule has 2 fully saturated rings. The first kappa shape index (κ1) is 10.4. The zero-order chi connectivity index (χ0) is 9.97. The van der Waals surface area contributed by atoms with Crippen LogP contribution in [0.5, 0.6) is 0 Å². The van der Waals surface area contributed by atoms with Crippen molar-refractivity contribution in [3.05, 3.63) is 0 Å². The van der Waals surface area contributed by atoms with Crippen LogP contribution in [0.15, 0.2) is 0 Å². The second kappa shape index (κ2) is 4.63. The number of fused-ring (bicyclic) bond motifs is 2. The Hall–Kier alpha value is -0.0800. The molecule has 4 unspecified atom stereocenters. The molecule has 14 heavy (non-hydrogen) atoms. The van der Waals surface area contributed by atoms with E-state index in [1.807, 2.05) is 0 Å². The summed E-state index contributed by atoms with van der Waals surface area (Å²) in [5.41, 5.74) is 0. The standard InChI is InChI=1S/C12H23NO/c1-2-12(8-14)13-7-11-6-9-3-4-10(11)5-9/h9-14H,2-8H2,1H3. The van der Waals surface area contributed by atoms with Gasteiger partial charge in [-0.05, 0) is 50.0 Å². The van der Waals surface area contributed by atoms with E-state index in [-0.39, 0.29) is 6.61 Å². The highest BCUT2D eigenvalue weighted by Crippen LogP contribution is 2.47. The first-order chi connectivity index (χ1) is 6.83. The minimum atomic E-state index is 0.289. The molecule has 0 radical (unpaired) electrons. The van der Waals surface area contributed by atoms with Gasteiger partial charge in [0.25, 0.3) is 0 Å². The summed E-state index contributed by atoms with van der Waals surface area (Å²) in [5, 5.41) is 12.6. The molecular formula is C12H23NO. The lowest BCUT2D eigenvalue weighted by Crippen LogP contribution is -2.36. The fourth-order valence-electron chi connectivity index (χ4n) is 3.28. The lowest BCUT2D eigenvalue weighted by Gasteiger charge is -2.24. The summed E-state index contributed by atoms with van der Waals surface area (Å²) < 4.78 is 0. The first-order valence-electron chi connectivity index (χ1n) is 6.17. The Morgan fingerprint density at radius 1 is 1.36 bits per heavy atom. The molecule has 2 saturated carbocycles. The van der Waals surface area contributed by atoms with Gasteiger partial charge in [-0.25, -0.2) is 0 Å². The van der Waals surface area contributed by atoms with Crippen LogP contribution >= 0.6 is 0 Å². The predicted octanol–water partition coefficient (Wildman–Crippen LogP) is 1.78. The Labute approximate surface area is 87.1 Å². The minimum Gasteiger partial charge on any atom is -0.395 e. The molecule has 0 aliphatic heterocycles. The van der Waals surface area contributed by atoms with E-state index >= 15 is 0 Å². The van der Waals surface area contributed by atoms with Crippen molar-refractivity contribution in [3.63, 3.8) is 0 Å². The van der Waals surface area contributed by atoms with Crippen molar-refractivity contribution in [2.75, 3.05) is 13.2 Å². The van der Waals surface area contributed by atoms with Crippen LogP contribution in [0.25, 0.3) is 0 Å². The molecule has 2 bridgehead atoms. The van der Waals surface area contributed by atoms with Crippen LogP contribution in [0, 0.1) is 17.8 Å². The third kappa shape index (κ3) is 2.12. The van der Waals surface area contributed by atoms with Crippen LogP contribution in [-0.2, 0) is 0 Å². The first-order valence-corrected chi connectivity index (χ1v) is 6.17. The van der Waals surface area contributed by atoms with E-state index < -0.39 is 0 Å². The summed E-state index contributed by atoms with van der Waals surface area (Å²) in [5.74, 6) is 2.96. The van der Waals surface area contributed by atoms with E-state index in [0.717, 1.165) is 30.7 Å². The molecule has 0 aromatic rings. The normalized spacial score (nSPS) is 37.7. The van der Waals surface area contributed by atoms with Gasteiger partial charge in [-0.1, -0.05) is 13.3 Å². The van der Waals surface area contributed by atoms with Crippen LogP contribution in [0.2, 0.25) is 0 Å². The van der Waals surface area contributed by atoms with E-state index in [1.54, 1.807) is 0 Å². The molecule has 2 N–H and O–H groups in total. The highest BCUT2D eigenvalue weighted by molar-refractivity contribution is 4.91. The van der Waals surface area contributed by atoms with Crippen LogP contribution in [0.3, 0.4) is 0 Å². The van der Waals surface area contributed by atoms with Crippen molar-refractivity contribution in [1.82, 2.24) is 5.32 Å². The van der Waals surface area contributed by atoms with Gasteiger partial charge >= 0.3 is 0 Å². The van der Waals surface area contributed by atoms with Gasteiger partial charge in [0.1, 0.15) is 0 Å². The number of aliphatic hydroxyl groups is 1. The molecule has 2 nitrogen and oxygen atoms in total. The van der Waals surface area contributed by atoms with Crippen LogP contribution in [0.4, 0.5) is 0 Å². The lowest BCUT2D eigenvalue weighted by molar-refractivity contribution is 0.222. The molecule has 2 rings (SSSR count). The summed E-state index contributed by atoms with van der Waals surface area (Å²) >= 11 is 0. The highest BCUT2D eigenvalue weighted by atomic mass is 16.3. The quantitative estimate of drug-likeness (QED) is 0.704. The van der Waals surface area contributed by atoms with Gasteiger partial charge in [0, 0.05) is 6.04 Å². The van der Waals surface area contributed by atoms with Gasteiger partial charge in [0.05, 0.1) is 6.61 Å². The van der Waals surface area contributed by atoms with Crippen molar-refractivity contribution in [2.45, 2.75) is 45.1 Å². The van der Waals surface area contributed by atoms with Gasteiger partial charge < -0.3 is 10.4 Å². The molecule has 0 spiro atoms. The highest BCUT2D eigenvalue weighted by Gasteiger charge is 2.39. The van der Waals surface area contributed by atoms with Crippen LogP contribution in [-0.4, -0.2) is 24.3 Å². The van der Waals surface area contributed by atoms with Gasteiger partial charge in [-0.3, -0.25) is 0 Å². The largest absolute Gasteiger partial charge is 0.395 e. The molecule has 0 aromatic carbocycles. The molecular weight excluding hydrogens is 174 g/mol. The van der Waals surface area contributed by atoms with Gasteiger partial charge in [-0.2, -0.15) is 0 Å². The van der Waals surface area contributed by atoms with Crippen molar-refractivity contribution < 1.29 is 5.11 Å². The summed E-state index contributed by atoms with van der Waals surface area (Å²) in [6.07, 6.45) is 6.92. The molecule has 4 atom stereocenters. The fraction of sp³-hybridized carbons (Fsp3) is 1.00. The van der Waals surface area contributed by atoms with Crippen molar-refractivity contribution >= 4 is 0 Å². The maximum Gasteiger partial charge on any atom is 0.0584 e. The second-order valence-corrected chi connectivity index (χ2v) is 5.13. The maximum absolute atomic E-state index is 9.07. The minimum absolute atomic E-state index is 0.289. The maximum atomic E-state index is 9.07. The molecule has 82 valence electrons. The molecule has 0 aromatic heterocycles. The fourth-order valence-corrected chi connectivity index (χ4v) is 3.28. The average Bonchev–Trinajstić information content (AvgIpc) is 2.80. The zero-order valence-electron chi connectivity index (χ0n) is 9.21. The topological polar surface area (TPSA) is 32.3 Å². The zero-order valence-corrected chi connectivity index (χ0v) is 9.21. The predicted molar refractivity (Wildman–Crippen MR) is 58.1 cm³/mol. The van der Waals surface area contributed by atoms with E-state index in [9.17, 15) is 0 Å². The van der Waals surface area contributed by atoms with Crippen molar-refractivity contribution in [2.24, 2.45) is 17.8 Å². The van der Waals surface area contributed by atoms with Crippen molar-refractivity contribution in [3.8, 4) is 0 Å². The van der Waals surface area contributed by atoms with E-state index in [0.29, 0.717) is 6.04 Å².